The van der Waals surface area contributed by atoms with Gasteiger partial charge in [0.1, 0.15) is 6.04 Å². The molecule has 4 saturated carbocycles. The highest BCUT2D eigenvalue weighted by molar-refractivity contribution is 6.06. The molecule has 0 radical (unpaired) electrons. The third-order valence-electron chi connectivity index (χ3n) is 9.72. The minimum atomic E-state index is -0.566. The Morgan fingerprint density at radius 3 is 2.47 bits per heavy atom. The predicted octanol–water partition coefficient (Wildman–Crippen LogP) is 3.98. The number of imide groups is 1. The fraction of sp³-hybridized carbons (Fsp3) is 0.690. The van der Waals surface area contributed by atoms with Crippen LogP contribution in [0.25, 0.3) is 0 Å². The molecule has 3 N–H and O–H groups in total. The van der Waals surface area contributed by atoms with Crippen LogP contribution in [0.4, 0.5) is 5.69 Å². The van der Waals surface area contributed by atoms with E-state index in [9.17, 15) is 14.4 Å². The number of rotatable bonds is 11. The third-order valence-corrected chi connectivity index (χ3v) is 9.72. The van der Waals surface area contributed by atoms with Gasteiger partial charge in [-0.25, -0.2) is 0 Å². The Labute approximate surface area is 214 Å². The molecule has 36 heavy (non-hydrogen) atoms. The maximum absolute atomic E-state index is 13.0. The lowest BCUT2D eigenvalue weighted by Crippen LogP contribution is -2.52. The van der Waals surface area contributed by atoms with Gasteiger partial charge in [0, 0.05) is 41.9 Å². The molecule has 0 spiro atoms. The number of unbranched alkanes of at least 4 members (excludes halogenated alkanes) is 4. The van der Waals surface area contributed by atoms with Crippen molar-refractivity contribution in [3.8, 4) is 0 Å². The molecule has 7 nitrogen and oxygen atoms in total. The van der Waals surface area contributed by atoms with Crippen molar-refractivity contribution in [3.05, 3.63) is 29.3 Å². The number of carbonyl (C=O) groups excluding carboxylic acids is 3. The first-order valence-corrected chi connectivity index (χ1v) is 14.3. The Morgan fingerprint density at radius 1 is 0.944 bits per heavy atom. The monoisotopic (exact) mass is 492 g/mol. The van der Waals surface area contributed by atoms with E-state index in [1.807, 2.05) is 18.2 Å². The molecule has 1 saturated heterocycles. The lowest BCUT2D eigenvalue weighted by molar-refractivity contribution is -0.136. The van der Waals surface area contributed by atoms with Crippen LogP contribution in [0.15, 0.2) is 18.2 Å². The van der Waals surface area contributed by atoms with E-state index in [0.29, 0.717) is 24.1 Å². The van der Waals surface area contributed by atoms with Gasteiger partial charge >= 0.3 is 0 Å². The van der Waals surface area contributed by atoms with Gasteiger partial charge in [0.25, 0.3) is 5.91 Å². The molecule has 194 valence electrons. The molecular weight excluding hydrogens is 452 g/mol. The van der Waals surface area contributed by atoms with Crippen LogP contribution in [-0.4, -0.2) is 47.3 Å². The number of nitrogens with zero attached hydrogens (tertiary/aromatic N) is 1. The molecule has 6 aliphatic rings. The zero-order valence-electron chi connectivity index (χ0n) is 21.3. The maximum Gasteiger partial charge on any atom is 0.255 e. The van der Waals surface area contributed by atoms with Gasteiger partial charge in [0.15, 0.2) is 0 Å². The quantitative estimate of drug-likeness (QED) is 0.321. The molecule has 4 aliphatic carbocycles. The summed E-state index contributed by atoms with van der Waals surface area (Å²) in [6.07, 6.45) is 14.2. The van der Waals surface area contributed by atoms with Crippen molar-refractivity contribution in [3.63, 3.8) is 0 Å². The topological polar surface area (TPSA) is 90.5 Å². The van der Waals surface area contributed by atoms with Crippen LogP contribution in [0.2, 0.25) is 0 Å². The number of amides is 3. The predicted molar refractivity (Wildman–Crippen MR) is 138 cm³/mol. The van der Waals surface area contributed by atoms with Crippen LogP contribution in [0.3, 0.4) is 0 Å². The smallest absolute Gasteiger partial charge is 0.255 e. The number of hydrogen-bond acceptors (Lipinski definition) is 5. The van der Waals surface area contributed by atoms with Gasteiger partial charge in [-0.3, -0.25) is 19.7 Å². The Kier molecular flexibility index (Phi) is 6.53. The number of nitrogens with one attached hydrogen (secondary N) is 3. The standard InChI is InChI=1S/C29H40N4O3/c34-26-10-9-25(27(35)32-26)33-18-23-22(28(33)36)7-6-8-24(23)30-11-4-2-1-3-5-12-31-29-16-19-13-20(17-29)15-21(29)14-19/h6-8,19-21,25,30-31H,1-5,9-18H2,(H,32,34,35). The molecule has 3 atom stereocenters. The van der Waals surface area contributed by atoms with Crippen molar-refractivity contribution < 1.29 is 14.4 Å². The van der Waals surface area contributed by atoms with Crippen LogP contribution >= 0.6 is 0 Å². The third kappa shape index (κ3) is 4.44. The largest absolute Gasteiger partial charge is 0.385 e. The average Bonchev–Trinajstić information content (AvgIpc) is 3.40. The summed E-state index contributed by atoms with van der Waals surface area (Å²) in [5.41, 5.74) is 3.13. The van der Waals surface area contributed by atoms with E-state index < -0.39 is 6.04 Å². The van der Waals surface area contributed by atoms with Crippen molar-refractivity contribution >= 4 is 23.4 Å². The van der Waals surface area contributed by atoms with E-state index in [1.165, 1.54) is 64.3 Å². The molecule has 0 aromatic heterocycles. The lowest BCUT2D eigenvalue weighted by atomic mass is 9.80. The van der Waals surface area contributed by atoms with Crippen molar-refractivity contribution in [1.29, 1.82) is 0 Å². The minimum absolute atomic E-state index is 0.116. The zero-order valence-corrected chi connectivity index (χ0v) is 21.3. The number of hydrogen-bond donors (Lipinski definition) is 3. The molecule has 3 amide bonds. The summed E-state index contributed by atoms with van der Waals surface area (Å²) >= 11 is 0. The highest BCUT2D eigenvalue weighted by Crippen LogP contribution is 2.60. The summed E-state index contributed by atoms with van der Waals surface area (Å²) in [4.78, 5) is 38.4. The van der Waals surface area contributed by atoms with Crippen LogP contribution in [0.1, 0.15) is 93.0 Å². The van der Waals surface area contributed by atoms with E-state index in [4.69, 9.17) is 0 Å². The molecule has 1 aromatic rings. The van der Waals surface area contributed by atoms with Gasteiger partial charge in [0.2, 0.25) is 11.8 Å². The highest BCUT2D eigenvalue weighted by Gasteiger charge is 2.57. The molecule has 2 heterocycles. The number of piperidine rings is 1. The van der Waals surface area contributed by atoms with E-state index in [-0.39, 0.29) is 24.1 Å². The number of anilines is 1. The van der Waals surface area contributed by atoms with E-state index in [2.05, 4.69) is 16.0 Å². The molecule has 5 fully saturated rings. The van der Waals surface area contributed by atoms with E-state index in [0.717, 1.165) is 42.0 Å². The maximum atomic E-state index is 13.0. The van der Waals surface area contributed by atoms with Crippen LogP contribution in [0, 0.1) is 17.8 Å². The number of fused-ring (bicyclic) bond motifs is 1. The summed E-state index contributed by atoms with van der Waals surface area (Å²) in [5, 5.41) is 9.92. The van der Waals surface area contributed by atoms with E-state index >= 15 is 0 Å². The fourth-order valence-corrected chi connectivity index (χ4v) is 8.18. The SMILES string of the molecule is O=C1CCC(N2Cc3c(NCCCCCCCNC45CC6CC(CC4C6)C5)cccc3C2=O)C(=O)N1. The highest BCUT2D eigenvalue weighted by atomic mass is 16.2. The first-order chi connectivity index (χ1) is 17.5. The van der Waals surface area contributed by atoms with Gasteiger partial charge in [-0.15, -0.1) is 0 Å². The Morgan fingerprint density at radius 2 is 1.69 bits per heavy atom. The van der Waals surface area contributed by atoms with Gasteiger partial charge in [-0.05, 0) is 87.8 Å². The van der Waals surface area contributed by atoms with E-state index in [1.54, 1.807) is 4.90 Å². The minimum Gasteiger partial charge on any atom is -0.385 e. The van der Waals surface area contributed by atoms with Gasteiger partial charge < -0.3 is 15.5 Å². The van der Waals surface area contributed by atoms with Gasteiger partial charge in [-0.2, -0.15) is 0 Å². The second kappa shape index (κ2) is 9.81. The molecule has 7 heteroatoms. The summed E-state index contributed by atoms with van der Waals surface area (Å²) in [6, 6.07) is 5.20. The van der Waals surface area contributed by atoms with Gasteiger partial charge in [-0.1, -0.05) is 25.3 Å². The first-order valence-electron chi connectivity index (χ1n) is 14.3. The van der Waals surface area contributed by atoms with Gasteiger partial charge in [0.05, 0.1) is 0 Å². The summed E-state index contributed by atoms with van der Waals surface area (Å²) in [5.74, 6) is 2.28. The zero-order chi connectivity index (χ0) is 24.7. The molecular formula is C29H40N4O3. The number of benzene rings is 1. The number of carbonyl (C=O) groups is 3. The van der Waals surface area contributed by atoms with Crippen LogP contribution < -0.4 is 16.0 Å². The summed E-state index contributed by atoms with van der Waals surface area (Å²) < 4.78 is 0. The van der Waals surface area contributed by atoms with Crippen LogP contribution in [-0.2, 0) is 16.1 Å². The summed E-state index contributed by atoms with van der Waals surface area (Å²) in [6.45, 7) is 2.48. The molecule has 1 aromatic carbocycles. The average molecular weight is 493 g/mol. The molecule has 2 aliphatic heterocycles. The Hall–Kier alpha value is -2.41. The lowest BCUT2D eigenvalue weighted by Gasteiger charge is -2.34. The molecule has 4 bridgehead atoms. The van der Waals surface area contributed by atoms with Crippen molar-refractivity contribution in [2.24, 2.45) is 17.8 Å². The van der Waals surface area contributed by atoms with Crippen molar-refractivity contribution in [2.75, 3.05) is 18.4 Å². The first kappa shape index (κ1) is 24.0. The summed E-state index contributed by atoms with van der Waals surface area (Å²) in [7, 11) is 0. The van der Waals surface area contributed by atoms with Crippen molar-refractivity contribution in [1.82, 2.24) is 15.5 Å². The normalized spacial score (nSPS) is 32.3. The fourth-order valence-electron chi connectivity index (χ4n) is 8.18. The Balaban J connectivity index is 0.902. The van der Waals surface area contributed by atoms with Crippen molar-refractivity contribution in [2.45, 2.75) is 95.2 Å². The molecule has 3 unspecified atom stereocenters. The molecule has 7 rings (SSSR count). The Bertz CT molecular complexity index is 1030. The van der Waals surface area contributed by atoms with Crippen LogP contribution in [0.5, 0.6) is 0 Å². The second-order valence-corrected chi connectivity index (χ2v) is 12.1. The second-order valence-electron chi connectivity index (χ2n) is 12.1.